The first-order chi connectivity index (χ1) is 15.5. The first-order valence-corrected chi connectivity index (χ1v) is 9.89. The lowest BCUT2D eigenvalue weighted by molar-refractivity contribution is 0.0746. The molecule has 0 aliphatic carbocycles. The molecule has 168 valence electrons. The second-order valence-corrected chi connectivity index (χ2v) is 6.87. The average Bonchev–Trinajstić information content (AvgIpc) is 2.85. The summed E-state index contributed by atoms with van der Waals surface area (Å²) in [6, 6.07) is 17.5. The maximum atomic E-state index is 13.1. The van der Waals surface area contributed by atoms with E-state index in [-0.39, 0.29) is 5.56 Å². The molecule has 0 radical (unpaired) electrons. The van der Waals surface area contributed by atoms with Gasteiger partial charge in [-0.05, 0) is 41.5 Å². The fourth-order valence-electron chi connectivity index (χ4n) is 3.25. The zero-order valence-corrected chi connectivity index (χ0v) is 18.5. The van der Waals surface area contributed by atoms with Crippen molar-refractivity contribution in [1.82, 2.24) is 0 Å². The number of carbonyl (C=O) groups excluding carboxylic acids is 1. The number of ether oxygens (including phenoxy) is 5. The van der Waals surface area contributed by atoms with Crippen molar-refractivity contribution < 1.29 is 33.6 Å². The lowest BCUT2D eigenvalue weighted by atomic mass is 9.99. The number of rotatable bonds is 10. The molecule has 0 heterocycles. The number of hydrogen-bond acceptors (Lipinski definition) is 7. The molecule has 3 aromatic rings. The topological polar surface area (TPSA) is 83.5 Å². The molecule has 0 aliphatic rings. The summed E-state index contributed by atoms with van der Waals surface area (Å²) in [5.74, 6) is 1.44. The first-order valence-electron chi connectivity index (χ1n) is 9.89. The van der Waals surface area contributed by atoms with Crippen molar-refractivity contribution in [3.05, 3.63) is 77.4 Å². The molecular weight excluding hydrogens is 412 g/mol. The SMILES string of the molecule is COc1ccc(C(=O)C(O)c2cc(OC)c(OC)c(OC)c2)cc1OCc1ccccc1. The zero-order valence-electron chi connectivity index (χ0n) is 18.5. The number of aliphatic hydroxyl groups is 1. The van der Waals surface area contributed by atoms with Crippen LogP contribution in [0, 0.1) is 0 Å². The van der Waals surface area contributed by atoms with Crippen LogP contribution in [0.2, 0.25) is 0 Å². The Morgan fingerprint density at radius 1 is 0.781 bits per heavy atom. The second kappa shape index (κ2) is 10.5. The minimum atomic E-state index is -1.45. The smallest absolute Gasteiger partial charge is 0.203 e. The summed E-state index contributed by atoms with van der Waals surface area (Å²) < 4.78 is 27.2. The monoisotopic (exact) mass is 438 g/mol. The molecule has 7 heteroatoms. The normalized spacial score (nSPS) is 11.4. The van der Waals surface area contributed by atoms with Crippen molar-refractivity contribution in [2.24, 2.45) is 0 Å². The summed E-state index contributed by atoms with van der Waals surface area (Å²) in [4.78, 5) is 13.1. The van der Waals surface area contributed by atoms with Gasteiger partial charge in [-0.1, -0.05) is 30.3 Å². The lowest BCUT2D eigenvalue weighted by Crippen LogP contribution is -2.13. The van der Waals surface area contributed by atoms with Gasteiger partial charge in [0.25, 0.3) is 0 Å². The van der Waals surface area contributed by atoms with E-state index in [1.807, 2.05) is 30.3 Å². The van der Waals surface area contributed by atoms with Crippen molar-refractivity contribution >= 4 is 5.78 Å². The number of methoxy groups -OCH3 is 4. The highest BCUT2D eigenvalue weighted by molar-refractivity contribution is 6.00. The van der Waals surface area contributed by atoms with E-state index < -0.39 is 11.9 Å². The van der Waals surface area contributed by atoms with Crippen LogP contribution >= 0.6 is 0 Å². The number of aliphatic hydroxyl groups excluding tert-OH is 1. The highest BCUT2D eigenvalue weighted by atomic mass is 16.5. The molecule has 1 atom stereocenters. The van der Waals surface area contributed by atoms with Crippen molar-refractivity contribution in [2.45, 2.75) is 12.7 Å². The Hall–Kier alpha value is -3.71. The number of ketones is 1. The second-order valence-electron chi connectivity index (χ2n) is 6.87. The van der Waals surface area contributed by atoms with Crippen LogP contribution in [0.4, 0.5) is 0 Å². The quantitative estimate of drug-likeness (QED) is 0.475. The Morgan fingerprint density at radius 2 is 1.41 bits per heavy atom. The minimum absolute atomic E-state index is 0.273. The van der Waals surface area contributed by atoms with E-state index in [9.17, 15) is 9.90 Å². The summed E-state index contributed by atoms with van der Waals surface area (Å²) in [7, 11) is 5.94. The molecule has 3 rings (SSSR count). The first kappa shape index (κ1) is 23.0. The predicted molar refractivity (Wildman–Crippen MR) is 119 cm³/mol. The predicted octanol–water partition coefficient (Wildman–Crippen LogP) is 4.22. The summed E-state index contributed by atoms with van der Waals surface area (Å²) >= 11 is 0. The Kier molecular flexibility index (Phi) is 7.57. The van der Waals surface area contributed by atoms with Gasteiger partial charge in [0.05, 0.1) is 28.4 Å². The number of carbonyl (C=O) groups is 1. The van der Waals surface area contributed by atoms with Gasteiger partial charge in [0.1, 0.15) is 12.7 Å². The van der Waals surface area contributed by atoms with Crippen LogP contribution in [-0.4, -0.2) is 39.3 Å². The van der Waals surface area contributed by atoms with Crippen LogP contribution in [0.3, 0.4) is 0 Å². The van der Waals surface area contributed by atoms with E-state index in [0.717, 1.165) is 5.56 Å². The molecule has 1 unspecified atom stereocenters. The summed E-state index contributed by atoms with van der Waals surface area (Å²) in [6.45, 7) is 0.310. The fourth-order valence-corrected chi connectivity index (χ4v) is 3.25. The van der Waals surface area contributed by atoms with Gasteiger partial charge in [-0.15, -0.1) is 0 Å². The van der Waals surface area contributed by atoms with Gasteiger partial charge in [0.15, 0.2) is 28.8 Å². The van der Waals surface area contributed by atoms with Crippen LogP contribution in [0.25, 0.3) is 0 Å². The minimum Gasteiger partial charge on any atom is -0.493 e. The van der Waals surface area contributed by atoms with Crippen molar-refractivity contribution in [3.8, 4) is 28.7 Å². The van der Waals surface area contributed by atoms with Crippen LogP contribution in [-0.2, 0) is 6.61 Å². The molecule has 0 fully saturated rings. The number of hydrogen-bond donors (Lipinski definition) is 1. The summed E-state index contributed by atoms with van der Waals surface area (Å²) in [5, 5.41) is 10.8. The maximum Gasteiger partial charge on any atom is 0.203 e. The molecule has 7 nitrogen and oxygen atoms in total. The molecule has 0 spiro atoms. The Balaban J connectivity index is 1.88. The third kappa shape index (κ3) is 4.95. The van der Waals surface area contributed by atoms with Gasteiger partial charge >= 0.3 is 0 Å². The van der Waals surface area contributed by atoms with Crippen molar-refractivity contribution in [1.29, 1.82) is 0 Å². The van der Waals surface area contributed by atoms with E-state index in [2.05, 4.69) is 0 Å². The molecule has 0 aliphatic heterocycles. The van der Waals surface area contributed by atoms with Gasteiger partial charge in [-0.25, -0.2) is 0 Å². The standard InChI is InChI=1S/C25H26O7/c1-28-19-11-10-17(12-20(19)32-15-16-8-6-5-7-9-16)23(26)24(27)18-13-21(29-2)25(31-4)22(14-18)30-3/h5-14,24,27H,15H2,1-4H3. The molecule has 0 bridgehead atoms. The third-order valence-corrected chi connectivity index (χ3v) is 4.94. The van der Waals surface area contributed by atoms with E-state index in [1.165, 1.54) is 28.4 Å². The molecule has 0 saturated carbocycles. The van der Waals surface area contributed by atoms with Gasteiger partial charge in [-0.3, -0.25) is 4.79 Å². The number of Topliss-reactive ketones (excluding diaryl/α,β-unsaturated/α-hetero) is 1. The fraction of sp³-hybridized carbons (Fsp3) is 0.240. The highest BCUT2D eigenvalue weighted by Crippen LogP contribution is 2.40. The van der Waals surface area contributed by atoms with Crippen LogP contribution < -0.4 is 23.7 Å². The highest BCUT2D eigenvalue weighted by Gasteiger charge is 2.24. The molecule has 0 saturated heterocycles. The average molecular weight is 438 g/mol. The van der Waals surface area contributed by atoms with Gasteiger partial charge in [0.2, 0.25) is 5.75 Å². The zero-order chi connectivity index (χ0) is 23.1. The molecule has 3 aromatic carbocycles. The van der Waals surface area contributed by atoms with E-state index in [1.54, 1.807) is 30.3 Å². The van der Waals surface area contributed by atoms with E-state index >= 15 is 0 Å². The third-order valence-electron chi connectivity index (χ3n) is 4.94. The molecular formula is C25H26O7. The maximum absolute atomic E-state index is 13.1. The largest absolute Gasteiger partial charge is 0.493 e. The van der Waals surface area contributed by atoms with E-state index in [4.69, 9.17) is 23.7 Å². The Morgan fingerprint density at radius 3 is 1.97 bits per heavy atom. The Labute approximate surface area is 187 Å². The lowest BCUT2D eigenvalue weighted by Gasteiger charge is -2.17. The Bertz CT molecular complexity index is 1040. The van der Waals surface area contributed by atoms with Gasteiger partial charge in [0, 0.05) is 5.56 Å². The molecule has 32 heavy (non-hydrogen) atoms. The summed E-state index contributed by atoms with van der Waals surface area (Å²) in [5.41, 5.74) is 1.56. The van der Waals surface area contributed by atoms with Crippen molar-refractivity contribution in [2.75, 3.05) is 28.4 Å². The molecule has 1 N–H and O–H groups in total. The van der Waals surface area contributed by atoms with Crippen LogP contribution in [0.1, 0.15) is 27.6 Å². The van der Waals surface area contributed by atoms with Gasteiger partial charge in [-0.2, -0.15) is 0 Å². The summed E-state index contributed by atoms with van der Waals surface area (Å²) in [6.07, 6.45) is -1.45. The van der Waals surface area contributed by atoms with Crippen LogP contribution in [0.15, 0.2) is 60.7 Å². The van der Waals surface area contributed by atoms with Crippen LogP contribution in [0.5, 0.6) is 28.7 Å². The number of benzene rings is 3. The van der Waals surface area contributed by atoms with E-state index in [0.29, 0.717) is 40.9 Å². The molecule has 0 amide bonds. The van der Waals surface area contributed by atoms with Gasteiger partial charge < -0.3 is 28.8 Å². The van der Waals surface area contributed by atoms with Crippen molar-refractivity contribution in [3.63, 3.8) is 0 Å². The molecule has 0 aromatic heterocycles.